The van der Waals surface area contributed by atoms with E-state index >= 15 is 0 Å². The third kappa shape index (κ3) is 1.85. The second kappa shape index (κ2) is 4.14. The summed E-state index contributed by atoms with van der Waals surface area (Å²) < 4.78 is 13.6. The summed E-state index contributed by atoms with van der Waals surface area (Å²) in [6.45, 7) is 0. The molecule has 0 bridgehead atoms. The van der Waals surface area contributed by atoms with Crippen molar-refractivity contribution in [1.29, 1.82) is 0 Å². The standard InChI is InChI=1S/C10H6BrClFNO2/c11-8-7(9(15)14-10(8)16)5-2-1-4(12)3-6(5)13/h1-3,7-8H,(H,14,15,16). The van der Waals surface area contributed by atoms with Gasteiger partial charge in [0.2, 0.25) is 11.8 Å². The van der Waals surface area contributed by atoms with Crippen LogP contribution < -0.4 is 5.32 Å². The Hall–Kier alpha value is -0.940. The van der Waals surface area contributed by atoms with Crippen molar-refractivity contribution in [2.24, 2.45) is 0 Å². The van der Waals surface area contributed by atoms with E-state index in [4.69, 9.17) is 11.6 Å². The molecule has 3 nitrogen and oxygen atoms in total. The van der Waals surface area contributed by atoms with E-state index in [1.165, 1.54) is 12.1 Å². The zero-order chi connectivity index (χ0) is 11.9. The van der Waals surface area contributed by atoms with Gasteiger partial charge in [-0.2, -0.15) is 0 Å². The minimum absolute atomic E-state index is 0.162. The number of alkyl halides is 1. The van der Waals surface area contributed by atoms with E-state index in [0.29, 0.717) is 0 Å². The molecule has 1 aromatic rings. The third-order valence-electron chi connectivity index (χ3n) is 2.37. The summed E-state index contributed by atoms with van der Waals surface area (Å²) in [4.78, 5) is 22.0. The topological polar surface area (TPSA) is 46.2 Å². The number of nitrogens with one attached hydrogen (secondary N) is 1. The fraction of sp³-hybridized carbons (Fsp3) is 0.200. The molecule has 2 atom stereocenters. The lowest BCUT2D eigenvalue weighted by Crippen LogP contribution is -2.22. The smallest absolute Gasteiger partial charge is 0.241 e. The monoisotopic (exact) mass is 305 g/mol. The number of carbonyl (C=O) groups excluding carboxylic acids is 2. The Kier molecular flexibility index (Phi) is 2.99. The molecular weight excluding hydrogens is 300 g/mol. The van der Waals surface area contributed by atoms with Crippen LogP contribution in [0.4, 0.5) is 4.39 Å². The van der Waals surface area contributed by atoms with Crippen molar-refractivity contribution in [3.63, 3.8) is 0 Å². The molecule has 1 aliphatic rings. The molecule has 1 heterocycles. The maximum absolute atomic E-state index is 13.6. The van der Waals surface area contributed by atoms with Crippen LogP contribution in [0, 0.1) is 5.82 Å². The molecule has 2 amide bonds. The fourth-order valence-corrected chi connectivity index (χ4v) is 2.40. The van der Waals surface area contributed by atoms with Crippen molar-refractivity contribution in [2.75, 3.05) is 0 Å². The summed E-state index contributed by atoms with van der Waals surface area (Å²) in [5.41, 5.74) is 0.162. The molecule has 2 rings (SSSR count). The largest absolute Gasteiger partial charge is 0.295 e. The maximum Gasteiger partial charge on any atom is 0.241 e. The third-order valence-corrected chi connectivity index (χ3v) is 3.55. The number of carbonyl (C=O) groups is 2. The molecule has 1 saturated heterocycles. The van der Waals surface area contributed by atoms with Crippen LogP contribution in [0.3, 0.4) is 0 Å². The summed E-state index contributed by atoms with van der Waals surface area (Å²) >= 11 is 8.67. The molecule has 84 valence electrons. The summed E-state index contributed by atoms with van der Waals surface area (Å²) in [7, 11) is 0. The number of imide groups is 1. The Morgan fingerprint density at radius 1 is 1.31 bits per heavy atom. The number of amides is 2. The van der Waals surface area contributed by atoms with Crippen molar-refractivity contribution in [3.8, 4) is 0 Å². The molecule has 16 heavy (non-hydrogen) atoms. The van der Waals surface area contributed by atoms with Crippen LogP contribution in [0.1, 0.15) is 11.5 Å². The van der Waals surface area contributed by atoms with Crippen LogP contribution in [0.2, 0.25) is 5.02 Å². The van der Waals surface area contributed by atoms with Gasteiger partial charge in [0, 0.05) is 10.6 Å². The first-order chi connectivity index (χ1) is 7.50. The molecule has 0 aromatic heterocycles. The summed E-state index contributed by atoms with van der Waals surface area (Å²) in [5, 5.41) is 2.38. The van der Waals surface area contributed by atoms with Gasteiger partial charge < -0.3 is 0 Å². The van der Waals surface area contributed by atoms with Gasteiger partial charge >= 0.3 is 0 Å². The van der Waals surface area contributed by atoms with Gasteiger partial charge in [0.15, 0.2) is 0 Å². The van der Waals surface area contributed by atoms with Crippen LogP contribution >= 0.6 is 27.5 Å². The average molecular weight is 307 g/mol. The molecule has 1 fully saturated rings. The minimum atomic E-state index is -0.843. The number of halogens is 3. The van der Waals surface area contributed by atoms with E-state index in [2.05, 4.69) is 21.2 Å². The zero-order valence-corrected chi connectivity index (χ0v) is 10.2. The number of hydrogen-bond donors (Lipinski definition) is 1. The van der Waals surface area contributed by atoms with Gasteiger partial charge in [-0.05, 0) is 12.1 Å². The summed E-state index contributed by atoms with van der Waals surface area (Å²) in [6, 6.07) is 4.01. The number of benzene rings is 1. The Labute approximate surface area is 104 Å². The predicted molar refractivity (Wildman–Crippen MR) is 60.0 cm³/mol. The van der Waals surface area contributed by atoms with E-state index in [9.17, 15) is 14.0 Å². The Bertz CT molecular complexity index is 480. The first kappa shape index (κ1) is 11.5. The highest BCUT2D eigenvalue weighted by Gasteiger charge is 2.42. The van der Waals surface area contributed by atoms with E-state index in [1.807, 2.05) is 0 Å². The van der Waals surface area contributed by atoms with E-state index in [1.54, 1.807) is 0 Å². The number of hydrogen-bond acceptors (Lipinski definition) is 2. The van der Waals surface area contributed by atoms with E-state index in [-0.39, 0.29) is 10.6 Å². The molecule has 6 heteroatoms. The van der Waals surface area contributed by atoms with Crippen molar-refractivity contribution < 1.29 is 14.0 Å². The van der Waals surface area contributed by atoms with Gasteiger partial charge in [0.25, 0.3) is 0 Å². The molecular formula is C10H6BrClFNO2. The lowest BCUT2D eigenvalue weighted by atomic mass is 9.97. The molecule has 0 aliphatic carbocycles. The molecule has 1 aliphatic heterocycles. The molecule has 1 aromatic carbocycles. The maximum atomic E-state index is 13.6. The minimum Gasteiger partial charge on any atom is -0.295 e. The predicted octanol–water partition coefficient (Wildman–Crippen LogP) is 1.98. The second-order valence-corrected chi connectivity index (χ2v) is 4.82. The normalized spacial score (nSPS) is 24.7. The quantitative estimate of drug-likeness (QED) is 0.637. The zero-order valence-electron chi connectivity index (χ0n) is 7.84. The van der Waals surface area contributed by atoms with Crippen LogP contribution in [-0.4, -0.2) is 16.6 Å². The highest BCUT2D eigenvalue weighted by atomic mass is 79.9. The van der Waals surface area contributed by atoms with Crippen molar-refractivity contribution in [3.05, 3.63) is 34.6 Å². The lowest BCUT2D eigenvalue weighted by Gasteiger charge is -2.11. The van der Waals surface area contributed by atoms with Gasteiger partial charge in [-0.3, -0.25) is 14.9 Å². The number of rotatable bonds is 1. The van der Waals surface area contributed by atoms with E-state index < -0.39 is 28.4 Å². The summed E-state index contributed by atoms with van der Waals surface area (Å²) in [5.74, 6) is -2.39. The van der Waals surface area contributed by atoms with Crippen molar-refractivity contribution in [1.82, 2.24) is 5.32 Å². The fourth-order valence-electron chi connectivity index (χ4n) is 1.61. The van der Waals surface area contributed by atoms with Gasteiger partial charge in [0.05, 0.1) is 5.92 Å². The highest BCUT2D eigenvalue weighted by Crippen LogP contribution is 2.32. The first-order valence-electron chi connectivity index (χ1n) is 4.44. The molecule has 0 saturated carbocycles. The van der Waals surface area contributed by atoms with Gasteiger partial charge in [-0.25, -0.2) is 4.39 Å². The van der Waals surface area contributed by atoms with Crippen LogP contribution in [0.25, 0.3) is 0 Å². The van der Waals surface area contributed by atoms with Gasteiger partial charge in [-0.1, -0.05) is 33.6 Å². The van der Waals surface area contributed by atoms with Gasteiger partial charge in [-0.15, -0.1) is 0 Å². The van der Waals surface area contributed by atoms with Crippen molar-refractivity contribution in [2.45, 2.75) is 10.7 Å². The Morgan fingerprint density at radius 3 is 2.50 bits per heavy atom. The molecule has 2 unspecified atom stereocenters. The Morgan fingerprint density at radius 2 is 2.00 bits per heavy atom. The van der Waals surface area contributed by atoms with Crippen LogP contribution in [0.5, 0.6) is 0 Å². The Balaban J connectivity index is 2.44. The SMILES string of the molecule is O=C1NC(=O)C(c2ccc(Cl)cc2F)C1Br. The van der Waals surface area contributed by atoms with Crippen molar-refractivity contribution >= 4 is 39.3 Å². The van der Waals surface area contributed by atoms with Crippen LogP contribution in [-0.2, 0) is 9.59 Å². The van der Waals surface area contributed by atoms with Gasteiger partial charge in [0.1, 0.15) is 10.6 Å². The van der Waals surface area contributed by atoms with E-state index in [0.717, 1.165) is 6.07 Å². The average Bonchev–Trinajstić information content (AvgIpc) is 2.43. The molecule has 1 N–H and O–H groups in total. The first-order valence-corrected chi connectivity index (χ1v) is 5.74. The summed E-state index contributed by atoms with van der Waals surface area (Å²) in [6.07, 6.45) is 0. The van der Waals surface area contributed by atoms with Crippen LogP contribution in [0.15, 0.2) is 18.2 Å². The molecule has 0 spiro atoms. The highest BCUT2D eigenvalue weighted by molar-refractivity contribution is 9.10. The molecule has 0 radical (unpaired) electrons. The second-order valence-electron chi connectivity index (χ2n) is 3.40. The lowest BCUT2D eigenvalue weighted by molar-refractivity contribution is -0.125.